The minimum atomic E-state index is -0.291. The maximum Gasteiger partial charge on any atom is 0.219 e. The monoisotopic (exact) mass is 184 g/mol. The van der Waals surface area contributed by atoms with Crippen LogP contribution < -0.4 is 11.1 Å². The second-order valence-corrected chi connectivity index (χ2v) is 3.34. The number of amides is 1. The van der Waals surface area contributed by atoms with Crippen LogP contribution in [-0.2, 0) is 4.79 Å². The van der Waals surface area contributed by atoms with Gasteiger partial charge < -0.3 is 16.0 Å². The first-order valence-corrected chi connectivity index (χ1v) is 4.40. The number of primary amides is 1. The zero-order valence-electron chi connectivity index (χ0n) is 8.08. The zero-order chi connectivity index (χ0) is 9.84. The molecule has 0 aromatic rings. The molecule has 5 heteroatoms. The van der Waals surface area contributed by atoms with E-state index in [0.29, 0.717) is 6.42 Å². The molecule has 1 aliphatic rings. The molecule has 1 unspecified atom stereocenters. The van der Waals surface area contributed by atoms with Crippen LogP contribution in [0.15, 0.2) is 4.99 Å². The number of hydrogen-bond acceptors (Lipinski definition) is 4. The molecule has 0 saturated carbocycles. The van der Waals surface area contributed by atoms with Crippen LogP contribution in [0.2, 0.25) is 0 Å². The summed E-state index contributed by atoms with van der Waals surface area (Å²) >= 11 is 0. The van der Waals surface area contributed by atoms with Crippen molar-refractivity contribution in [2.45, 2.75) is 19.4 Å². The van der Waals surface area contributed by atoms with Crippen molar-refractivity contribution in [2.75, 3.05) is 20.1 Å². The first kappa shape index (κ1) is 9.83. The summed E-state index contributed by atoms with van der Waals surface area (Å²) in [5.74, 6) is 0.565. The van der Waals surface area contributed by atoms with Gasteiger partial charge in [0.1, 0.15) is 0 Å². The van der Waals surface area contributed by atoms with Crippen molar-refractivity contribution in [1.82, 2.24) is 10.2 Å². The molecule has 1 atom stereocenters. The van der Waals surface area contributed by atoms with Crippen molar-refractivity contribution in [1.29, 1.82) is 0 Å². The fourth-order valence-electron chi connectivity index (χ4n) is 1.26. The summed E-state index contributed by atoms with van der Waals surface area (Å²) in [7, 11) is 1.97. The zero-order valence-corrected chi connectivity index (χ0v) is 8.08. The molecule has 1 aliphatic heterocycles. The van der Waals surface area contributed by atoms with Gasteiger partial charge in [-0.3, -0.25) is 9.79 Å². The number of hydrogen-bond donors (Lipinski definition) is 2. The molecule has 1 amide bonds. The normalized spacial score (nSPS) is 18.3. The minimum absolute atomic E-state index is 0.0526. The Hall–Kier alpha value is -1.26. The van der Waals surface area contributed by atoms with E-state index in [9.17, 15) is 4.79 Å². The van der Waals surface area contributed by atoms with Crippen molar-refractivity contribution in [2.24, 2.45) is 10.7 Å². The van der Waals surface area contributed by atoms with Gasteiger partial charge in [0, 0.05) is 26.1 Å². The molecule has 5 nitrogen and oxygen atoms in total. The van der Waals surface area contributed by atoms with E-state index in [4.69, 9.17) is 5.73 Å². The molecule has 1 rings (SSSR count). The smallest absolute Gasteiger partial charge is 0.219 e. The van der Waals surface area contributed by atoms with E-state index < -0.39 is 0 Å². The van der Waals surface area contributed by atoms with Crippen LogP contribution in [0.3, 0.4) is 0 Å². The number of carbonyl (C=O) groups is 1. The third kappa shape index (κ3) is 2.93. The summed E-state index contributed by atoms with van der Waals surface area (Å²) in [4.78, 5) is 16.9. The van der Waals surface area contributed by atoms with Crippen molar-refractivity contribution in [3.63, 3.8) is 0 Å². The molecule has 13 heavy (non-hydrogen) atoms. The molecule has 0 spiro atoms. The van der Waals surface area contributed by atoms with Crippen LogP contribution >= 0.6 is 0 Å². The Morgan fingerprint density at radius 3 is 3.00 bits per heavy atom. The van der Waals surface area contributed by atoms with Crippen LogP contribution in [0.25, 0.3) is 0 Å². The SMILES string of the molecule is CC(CC(N)=O)NC1=NCCN1C. The fraction of sp³-hybridized carbons (Fsp3) is 0.750. The minimum Gasteiger partial charge on any atom is -0.370 e. The van der Waals surface area contributed by atoms with E-state index in [1.165, 1.54) is 0 Å². The number of rotatable bonds is 3. The number of likely N-dealkylation sites (N-methyl/N-ethyl adjacent to an activating group) is 1. The van der Waals surface area contributed by atoms with Gasteiger partial charge >= 0.3 is 0 Å². The molecule has 1 heterocycles. The summed E-state index contributed by atoms with van der Waals surface area (Å²) < 4.78 is 0. The highest BCUT2D eigenvalue weighted by Crippen LogP contribution is 1.98. The van der Waals surface area contributed by atoms with E-state index in [0.717, 1.165) is 19.0 Å². The average Bonchev–Trinajstić information content (AvgIpc) is 2.34. The number of nitrogens with two attached hydrogens (primary N) is 1. The number of nitrogens with one attached hydrogen (secondary N) is 1. The van der Waals surface area contributed by atoms with Crippen LogP contribution in [0, 0.1) is 0 Å². The first-order valence-electron chi connectivity index (χ1n) is 4.40. The highest BCUT2D eigenvalue weighted by atomic mass is 16.1. The van der Waals surface area contributed by atoms with E-state index in [2.05, 4.69) is 10.3 Å². The molecular weight excluding hydrogens is 168 g/mol. The highest BCUT2D eigenvalue weighted by Gasteiger charge is 2.15. The lowest BCUT2D eigenvalue weighted by Crippen LogP contribution is -2.42. The molecule has 3 N–H and O–H groups in total. The van der Waals surface area contributed by atoms with Crippen molar-refractivity contribution >= 4 is 11.9 Å². The summed E-state index contributed by atoms with van der Waals surface area (Å²) in [5.41, 5.74) is 5.07. The van der Waals surface area contributed by atoms with Crippen LogP contribution in [-0.4, -0.2) is 42.9 Å². The highest BCUT2D eigenvalue weighted by molar-refractivity contribution is 5.82. The van der Waals surface area contributed by atoms with Crippen molar-refractivity contribution in [3.8, 4) is 0 Å². The topological polar surface area (TPSA) is 70.7 Å². The molecule has 0 aromatic carbocycles. The second-order valence-electron chi connectivity index (χ2n) is 3.34. The molecule has 0 aromatic heterocycles. The number of aliphatic imine (C=N–C) groups is 1. The van der Waals surface area contributed by atoms with E-state index in [1.807, 2.05) is 18.9 Å². The van der Waals surface area contributed by atoms with Gasteiger partial charge in [0.15, 0.2) is 5.96 Å². The molecule has 74 valence electrons. The second kappa shape index (κ2) is 4.11. The Bertz CT molecular complexity index is 226. The fourth-order valence-corrected chi connectivity index (χ4v) is 1.26. The van der Waals surface area contributed by atoms with Crippen molar-refractivity contribution in [3.05, 3.63) is 0 Å². The van der Waals surface area contributed by atoms with Gasteiger partial charge in [-0.15, -0.1) is 0 Å². The third-order valence-corrected chi connectivity index (χ3v) is 1.94. The molecule has 0 bridgehead atoms. The van der Waals surface area contributed by atoms with E-state index in [-0.39, 0.29) is 11.9 Å². The molecule has 0 aliphatic carbocycles. The van der Waals surface area contributed by atoms with E-state index >= 15 is 0 Å². The lowest BCUT2D eigenvalue weighted by Gasteiger charge is -2.19. The Kier molecular flexibility index (Phi) is 3.11. The number of guanidine groups is 1. The Morgan fingerprint density at radius 1 is 1.85 bits per heavy atom. The maximum absolute atomic E-state index is 10.6. The third-order valence-electron chi connectivity index (χ3n) is 1.94. The van der Waals surface area contributed by atoms with Gasteiger partial charge in [-0.2, -0.15) is 0 Å². The van der Waals surface area contributed by atoms with E-state index in [1.54, 1.807) is 0 Å². The Balaban J connectivity index is 2.35. The summed E-state index contributed by atoms with van der Waals surface area (Å²) in [6.07, 6.45) is 0.340. The van der Waals surface area contributed by atoms with Gasteiger partial charge in [0.2, 0.25) is 5.91 Å². The predicted octanol–water partition coefficient (Wildman–Crippen LogP) is -0.859. The lowest BCUT2D eigenvalue weighted by molar-refractivity contribution is -0.118. The van der Waals surface area contributed by atoms with Gasteiger partial charge in [-0.25, -0.2) is 0 Å². The Morgan fingerprint density at radius 2 is 2.54 bits per heavy atom. The number of nitrogens with zero attached hydrogens (tertiary/aromatic N) is 2. The summed E-state index contributed by atoms with van der Waals surface area (Å²) in [6, 6.07) is 0.0526. The van der Waals surface area contributed by atoms with Crippen LogP contribution in [0.1, 0.15) is 13.3 Å². The lowest BCUT2D eigenvalue weighted by atomic mass is 10.2. The molecule has 0 saturated heterocycles. The van der Waals surface area contributed by atoms with Crippen LogP contribution in [0.4, 0.5) is 0 Å². The van der Waals surface area contributed by atoms with Gasteiger partial charge in [-0.1, -0.05) is 0 Å². The maximum atomic E-state index is 10.6. The van der Waals surface area contributed by atoms with Gasteiger partial charge in [0.05, 0.1) is 6.54 Å². The summed E-state index contributed by atoms with van der Waals surface area (Å²) in [5, 5.41) is 3.14. The van der Waals surface area contributed by atoms with Crippen LogP contribution in [0.5, 0.6) is 0 Å². The van der Waals surface area contributed by atoms with Gasteiger partial charge in [0.25, 0.3) is 0 Å². The Labute approximate surface area is 78.0 Å². The van der Waals surface area contributed by atoms with Crippen molar-refractivity contribution < 1.29 is 4.79 Å². The average molecular weight is 184 g/mol. The molecular formula is C8H16N4O. The quantitative estimate of drug-likeness (QED) is 0.599. The summed E-state index contributed by atoms with van der Waals surface area (Å²) in [6.45, 7) is 3.67. The number of carbonyl (C=O) groups excluding carboxylic acids is 1. The molecule has 0 radical (unpaired) electrons. The largest absolute Gasteiger partial charge is 0.370 e. The first-order chi connectivity index (χ1) is 6.09. The van der Waals surface area contributed by atoms with Gasteiger partial charge in [-0.05, 0) is 6.92 Å². The predicted molar refractivity (Wildman–Crippen MR) is 51.3 cm³/mol. The molecule has 0 fully saturated rings. The standard InChI is InChI=1S/C8H16N4O/c1-6(5-7(9)13)11-8-10-3-4-12(8)2/h6H,3-5H2,1-2H3,(H2,9,13)(H,10,11).